The van der Waals surface area contributed by atoms with Crippen molar-refractivity contribution in [2.45, 2.75) is 6.54 Å². The largest absolute Gasteiger partial charge is 0.494 e. The lowest BCUT2D eigenvalue weighted by Gasteiger charge is -2.04. The summed E-state index contributed by atoms with van der Waals surface area (Å²) in [5, 5.41) is 10.5. The first kappa shape index (κ1) is 10.3. The summed E-state index contributed by atoms with van der Waals surface area (Å²) < 4.78 is 17.8. The molecule has 0 aliphatic carbocycles. The molecule has 2 N–H and O–H groups in total. The highest BCUT2D eigenvalue weighted by atomic mass is 19.1. The molecule has 0 radical (unpaired) electrons. The number of carboxylic acid groups (broad SMARTS) is 1. The maximum Gasteiger partial charge on any atom is 0.404 e. The van der Waals surface area contributed by atoms with Crippen molar-refractivity contribution in [1.82, 2.24) is 5.32 Å². The third-order valence-electron chi connectivity index (χ3n) is 1.66. The molecule has 0 aliphatic heterocycles. The molecule has 0 atom stereocenters. The Labute approximate surface area is 80.3 Å². The summed E-state index contributed by atoms with van der Waals surface area (Å²) in [6, 6.07) is 4.28. The number of ether oxygens (including phenoxy) is 1. The Kier molecular flexibility index (Phi) is 3.28. The van der Waals surface area contributed by atoms with Gasteiger partial charge in [-0.2, -0.15) is 0 Å². The van der Waals surface area contributed by atoms with Gasteiger partial charge in [0.1, 0.15) is 0 Å². The van der Waals surface area contributed by atoms with Gasteiger partial charge in [-0.1, -0.05) is 6.07 Å². The Balaban J connectivity index is 2.71. The summed E-state index contributed by atoms with van der Waals surface area (Å²) in [7, 11) is 1.37. The smallest absolute Gasteiger partial charge is 0.404 e. The second-order valence-electron chi connectivity index (χ2n) is 2.63. The molecule has 5 heteroatoms. The Bertz CT molecular complexity index is 341. The maximum absolute atomic E-state index is 13.1. The fourth-order valence-corrected chi connectivity index (χ4v) is 0.998. The number of rotatable bonds is 3. The number of benzene rings is 1. The van der Waals surface area contributed by atoms with Gasteiger partial charge in [-0.3, -0.25) is 0 Å². The third-order valence-corrected chi connectivity index (χ3v) is 1.66. The molecule has 0 fully saturated rings. The van der Waals surface area contributed by atoms with Crippen LogP contribution in [0.1, 0.15) is 5.56 Å². The zero-order valence-electron chi connectivity index (χ0n) is 7.58. The lowest BCUT2D eigenvalue weighted by atomic mass is 10.2. The molecular weight excluding hydrogens is 189 g/mol. The molecule has 0 saturated heterocycles. The molecule has 1 rings (SSSR count). The predicted molar refractivity (Wildman–Crippen MR) is 47.8 cm³/mol. The van der Waals surface area contributed by atoms with Gasteiger partial charge in [-0.25, -0.2) is 9.18 Å². The Hall–Kier alpha value is -1.78. The summed E-state index contributed by atoms with van der Waals surface area (Å²) in [6.07, 6.45) is -1.14. The van der Waals surface area contributed by atoms with Crippen LogP contribution in [0.15, 0.2) is 18.2 Å². The minimum absolute atomic E-state index is 0.0796. The summed E-state index contributed by atoms with van der Waals surface area (Å²) in [5.41, 5.74) is 0.547. The molecule has 0 aliphatic rings. The Morgan fingerprint density at radius 1 is 1.64 bits per heavy atom. The van der Waals surface area contributed by atoms with E-state index in [4.69, 9.17) is 9.84 Å². The molecule has 0 aromatic heterocycles. The molecule has 4 nitrogen and oxygen atoms in total. The van der Waals surface area contributed by atoms with Crippen LogP contribution in [0, 0.1) is 5.82 Å². The second-order valence-corrected chi connectivity index (χ2v) is 2.63. The molecule has 0 saturated carbocycles. The van der Waals surface area contributed by atoms with Crippen LogP contribution in [0.2, 0.25) is 0 Å². The summed E-state index contributed by atoms with van der Waals surface area (Å²) in [4.78, 5) is 10.2. The van der Waals surface area contributed by atoms with Crippen molar-refractivity contribution < 1.29 is 19.0 Å². The molecule has 0 spiro atoms. The first-order valence-electron chi connectivity index (χ1n) is 3.92. The first-order chi connectivity index (χ1) is 6.63. The maximum atomic E-state index is 13.1. The van der Waals surface area contributed by atoms with Crippen LogP contribution < -0.4 is 10.1 Å². The number of carbonyl (C=O) groups is 1. The van der Waals surface area contributed by atoms with Gasteiger partial charge in [0.2, 0.25) is 0 Å². The lowest BCUT2D eigenvalue weighted by Crippen LogP contribution is -2.19. The second kappa shape index (κ2) is 4.45. The molecule has 1 amide bonds. The first-order valence-corrected chi connectivity index (χ1v) is 3.92. The molecule has 14 heavy (non-hydrogen) atoms. The molecular formula is C9H10FNO3. The van der Waals surface area contributed by atoms with Gasteiger partial charge >= 0.3 is 6.09 Å². The fraction of sp³-hybridized carbons (Fsp3) is 0.222. The van der Waals surface area contributed by atoms with Gasteiger partial charge in [0, 0.05) is 6.54 Å². The van der Waals surface area contributed by atoms with Gasteiger partial charge in [0.05, 0.1) is 7.11 Å². The molecule has 0 unspecified atom stereocenters. The van der Waals surface area contributed by atoms with E-state index >= 15 is 0 Å². The number of hydrogen-bond donors (Lipinski definition) is 2. The molecule has 76 valence electrons. The van der Waals surface area contributed by atoms with E-state index in [0.717, 1.165) is 0 Å². The predicted octanol–water partition coefficient (Wildman–Crippen LogP) is 1.60. The van der Waals surface area contributed by atoms with Crippen LogP contribution in [0.5, 0.6) is 5.75 Å². The van der Waals surface area contributed by atoms with Gasteiger partial charge in [-0.15, -0.1) is 0 Å². The SMILES string of the molecule is COc1ccc(CNC(=O)O)cc1F. The van der Waals surface area contributed by atoms with Gasteiger partial charge in [0.25, 0.3) is 0 Å². The zero-order chi connectivity index (χ0) is 10.6. The lowest BCUT2D eigenvalue weighted by molar-refractivity contribution is 0.194. The van der Waals surface area contributed by atoms with Crippen molar-refractivity contribution in [3.8, 4) is 5.75 Å². The van der Waals surface area contributed by atoms with E-state index in [1.165, 1.54) is 19.2 Å². The molecule has 1 aromatic rings. The van der Waals surface area contributed by atoms with Crippen LogP contribution in [0.4, 0.5) is 9.18 Å². The standard InChI is InChI=1S/C9H10FNO3/c1-14-8-3-2-6(4-7(8)10)5-11-9(12)13/h2-4,11H,5H2,1H3,(H,12,13). The van der Waals surface area contributed by atoms with Crippen molar-refractivity contribution in [2.75, 3.05) is 7.11 Å². The number of nitrogens with one attached hydrogen (secondary N) is 1. The van der Waals surface area contributed by atoms with Gasteiger partial charge < -0.3 is 15.2 Å². The highest BCUT2D eigenvalue weighted by Crippen LogP contribution is 2.17. The Morgan fingerprint density at radius 3 is 2.86 bits per heavy atom. The van der Waals surface area contributed by atoms with E-state index in [1.54, 1.807) is 6.07 Å². The van der Waals surface area contributed by atoms with E-state index in [9.17, 15) is 9.18 Å². The van der Waals surface area contributed by atoms with E-state index in [-0.39, 0.29) is 12.3 Å². The number of methoxy groups -OCH3 is 1. The van der Waals surface area contributed by atoms with Crippen LogP contribution in [-0.4, -0.2) is 18.3 Å². The zero-order valence-corrected chi connectivity index (χ0v) is 7.58. The average Bonchev–Trinajstić information content (AvgIpc) is 2.15. The van der Waals surface area contributed by atoms with Crippen molar-refractivity contribution in [2.24, 2.45) is 0 Å². The fourth-order valence-electron chi connectivity index (χ4n) is 0.998. The number of hydrogen-bond acceptors (Lipinski definition) is 2. The van der Waals surface area contributed by atoms with Gasteiger partial charge in [0.15, 0.2) is 11.6 Å². The topological polar surface area (TPSA) is 58.6 Å². The number of halogens is 1. The quantitative estimate of drug-likeness (QED) is 0.777. The minimum atomic E-state index is -1.14. The highest BCUT2D eigenvalue weighted by Gasteiger charge is 2.03. The van der Waals surface area contributed by atoms with Crippen molar-refractivity contribution in [3.05, 3.63) is 29.6 Å². The monoisotopic (exact) mass is 199 g/mol. The normalized spacial score (nSPS) is 9.57. The van der Waals surface area contributed by atoms with Crippen LogP contribution in [-0.2, 0) is 6.54 Å². The van der Waals surface area contributed by atoms with Crippen LogP contribution >= 0.6 is 0 Å². The van der Waals surface area contributed by atoms with Gasteiger partial charge in [-0.05, 0) is 17.7 Å². The number of amides is 1. The van der Waals surface area contributed by atoms with Crippen molar-refractivity contribution >= 4 is 6.09 Å². The van der Waals surface area contributed by atoms with Crippen LogP contribution in [0.3, 0.4) is 0 Å². The van der Waals surface area contributed by atoms with Crippen molar-refractivity contribution in [1.29, 1.82) is 0 Å². The summed E-state index contributed by atoms with van der Waals surface area (Å²) in [6.45, 7) is 0.0796. The van der Waals surface area contributed by atoms with E-state index in [2.05, 4.69) is 5.32 Å². The molecule has 1 aromatic carbocycles. The minimum Gasteiger partial charge on any atom is -0.494 e. The van der Waals surface area contributed by atoms with E-state index in [1.807, 2.05) is 0 Å². The van der Waals surface area contributed by atoms with E-state index < -0.39 is 11.9 Å². The average molecular weight is 199 g/mol. The highest BCUT2D eigenvalue weighted by molar-refractivity contribution is 5.64. The summed E-state index contributed by atoms with van der Waals surface area (Å²) in [5.74, 6) is -0.360. The Morgan fingerprint density at radius 2 is 2.36 bits per heavy atom. The third kappa shape index (κ3) is 2.62. The molecule has 0 heterocycles. The molecule has 0 bridgehead atoms. The van der Waals surface area contributed by atoms with Crippen molar-refractivity contribution in [3.63, 3.8) is 0 Å². The van der Waals surface area contributed by atoms with Crippen LogP contribution in [0.25, 0.3) is 0 Å². The van der Waals surface area contributed by atoms with E-state index in [0.29, 0.717) is 5.56 Å². The summed E-state index contributed by atoms with van der Waals surface area (Å²) >= 11 is 0.